The first-order chi connectivity index (χ1) is 8.20. The molecule has 0 radical (unpaired) electrons. The van der Waals surface area contributed by atoms with E-state index in [0.717, 1.165) is 17.0 Å². The summed E-state index contributed by atoms with van der Waals surface area (Å²) in [6, 6.07) is 10.1. The number of aryl methyl sites for hydroxylation is 1. The average Bonchev–Trinajstić information content (AvgIpc) is 2.33. The van der Waals surface area contributed by atoms with Gasteiger partial charge in [-0.15, -0.1) is 0 Å². The topological polar surface area (TPSA) is 22.1 Å². The Morgan fingerprint density at radius 2 is 2.12 bits per heavy atom. The first kappa shape index (κ1) is 12.4. The van der Waals surface area contributed by atoms with E-state index in [2.05, 4.69) is 46.6 Å². The summed E-state index contributed by atoms with van der Waals surface area (Å²) in [5, 5.41) is 0. The number of hydrogen-bond acceptors (Lipinski definition) is 2. The lowest BCUT2D eigenvalue weighted by Crippen LogP contribution is -1.92. The van der Waals surface area contributed by atoms with Gasteiger partial charge in [-0.1, -0.05) is 12.1 Å². The number of pyridine rings is 1. The van der Waals surface area contributed by atoms with Gasteiger partial charge in [0.2, 0.25) is 0 Å². The highest BCUT2D eigenvalue weighted by Gasteiger charge is 2.03. The zero-order chi connectivity index (χ0) is 12.3. The van der Waals surface area contributed by atoms with Crippen LogP contribution in [-0.2, 0) is 0 Å². The predicted molar refractivity (Wildman–Crippen MR) is 78.3 cm³/mol. The molecule has 2 aromatic rings. The fraction of sp³-hybridized carbons (Fsp3) is 0.214. The van der Waals surface area contributed by atoms with E-state index in [1.807, 2.05) is 31.3 Å². The molecule has 0 saturated heterocycles. The summed E-state index contributed by atoms with van der Waals surface area (Å²) in [7, 11) is 0. The molecule has 0 N–H and O–H groups in total. The number of rotatable bonds is 3. The molecule has 2 rings (SSSR count). The van der Waals surface area contributed by atoms with Crippen molar-refractivity contribution in [3.8, 4) is 17.0 Å². The molecular weight excluding hydrogens is 325 g/mol. The minimum Gasteiger partial charge on any atom is -0.494 e. The van der Waals surface area contributed by atoms with Crippen LogP contribution in [0.2, 0.25) is 0 Å². The van der Waals surface area contributed by atoms with Crippen LogP contribution in [-0.4, -0.2) is 11.6 Å². The summed E-state index contributed by atoms with van der Waals surface area (Å²) in [5.41, 5.74) is 3.33. The van der Waals surface area contributed by atoms with E-state index < -0.39 is 0 Å². The summed E-state index contributed by atoms with van der Waals surface area (Å²) in [6.45, 7) is 4.77. The molecule has 0 aliphatic rings. The lowest BCUT2D eigenvalue weighted by molar-refractivity contribution is 0.340. The second-order valence-electron chi connectivity index (χ2n) is 3.78. The first-order valence-corrected chi connectivity index (χ1v) is 6.64. The quantitative estimate of drug-likeness (QED) is 0.787. The van der Waals surface area contributed by atoms with Crippen molar-refractivity contribution in [3.63, 3.8) is 0 Å². The predicted octanol–water partition coefficient (Wildman–Crippen LogP) is 4.06. The second kappa shape index (κ2) is 5.49. The fourth-order valence-electron chi connectivity index (χ4n) is 1.61. The summed E-state index contributed by atoms with van der Waals surface area (Å²) >= 11 is 2.29. The molecule has 1 heterocycles. The first-order valence-electron chi connectivity index (χ1n) is 5.56. The summed E-state index contributed by atoms with van der Waals surface area (Å²) in [4.78, 5) is 4.45. The van der Waals surface area contributed by atoms with Crippen LogP contribution in [0.25, 0.3) is 11.3 Å². The molecule has 1 aromatic heterocycles. The SMILES string of the molecule is CCOc1cccc(-c2cc(C)c(I)cn2)c1. The van der Waals surface area contributed by atoms with Gasteiger partial charge in [-0.3, -0.25) is 4.98 Å². The fourth-order valence-corrected chi connectivity index (χ4v) is 1.90. The van der Waals surface area contributed by atoms with Crippen molar-refractivity contribution >= 4 is 22.6 Å². The van der Waals surface area contributed by atoms with Gasteiger partial charge in [0.25, 0.3) is 0 Å². The minimum absolute atomic E-state index is 0.683. The standard InChI is InChI=1S/C14H14INO/c1-3-17-12-6-4-5-11(8-12)14-7-10(2)13(15)9-16-14/h4-9H,3H2,1-2H3. The van der Waals surface area contributed by atoms with Crippen molar-refractivity contribution in [1.82, 2.24) is 4.98 Å². The van der Waals surface area contributed by atoms with Gasteiger partial charge >= 0.3 is 0 Å². The van der Waals surface area contributed by atoms with Crippen LogP contribution in [0, 0.1) is 10.5 Å². The highest BCUT2D eigenvalue weighted by Crippen LogP contribution is 2.24. The van der Waals surface area contributed by atoms with E-state index >= 15 is 0 Å². The maximum atomic E-state index is 5.49. The normalized spacial score (nSPS) is 10.3. The zero-order valence-corrected chi connectivity index (χ0v) is 12.1. The summed E-state index contributed by atoms with van der Waals surface area (Å²) in [6.07, 6.45) is 1.90. The smallest absolute Gasteiger partial charge is 0.119 e. The van der Waals surface area contributed by atoms with Gasteiger partial charge in [0.15, 0.2) is 0 Å². The largest absolute Gasteiger partial charge is 0.494 e. The van der Waals surface area contributed by atoms with Gasteiger partial charge in [0.05, 0.1) is 12.3 Å². The number of benzene rings is 1. The third kappa shape index (κ3) is 2.97. The minimum atomic E-state index is 0.683. The third-order valence-electron chi connectivity index (χ3n) is 2.49. The van der Waals surface area contributed by atoms with Crippen molar-refractivity contribution in [2.75, 3.05) is 6.61 Å². The molecular formula is C14H14INO. The molecule has 88 valence electrons. The van der Waals surface area contributed by atoms with Gasteiger partial charge < -0.3 is 4.74 Å². The second-order valence-corrected chi connectivity index (χ2v) is 4.94. The third-order valence-corrected chi connectivity index (χ3v) is 3.62. The number of ether oxygens (including phenoxy) is 1. The maximum Gasteiger partial charge on any atom is 0.119 e. The van der Waals surface area contributed by atoms with Crippen LogP contribution in [0.3, 0.4) is 0 Å². The van der Waals surface area contributed by atoms with Crippen molar-refractivity contribution in [1.29, 1.82) is 0 Å². The van der Waals surface area contributed by atoms with Crippen molar-refractivity contribution in [2.24, 2.45) is 0 Å². The molecule has 1 aromatic carbocycles. The maximum absolute atomic E-state index is 5.49. The van der Waals surface area contributed by atoms with Crippen LogP contribution in [0.1, 0.15) is 12.5 Å². The van der Waals surface area contributed by atoms with E-state index in [-0.39, 0.29) is 0 Å². The van der Waals surface area contributed by atoms with Crippen LogP contribution in [0.15, 0.2) is 36.5 Å². The Balaban J connectivity index is 2.38. The zero-order valence-electron chi connectivity index (χ0n) is 9.90. The van der Waals surface area contributed by atoms with Crippen molar-refractivity contribution in [3.05, 3.63) is 45.7 Å². The van der Waals surface area contributed by atoms with E-state index in [4.69, 9.17) is 4.74 Å². The molecule has 3 heteroatoms. The Morgan fingerprint density at radius 3 is 2.82 bits per heavy atom. The lowest BCUT2D eigenvalue weighted by atomic mass is 10.1. The van der Waals surface area contributed by atoms with Crippen molar-refractivity contribution < 1.29 is 4.74 Å². The molecule has 0 bridgehead atoms. The summed E-state index contributed by atoms with van der Waals surface area (Å²) < 4.78 is 6.68. The molecule has 0 atom stereocenters. The monoisotopic (exact) mass is 339 g/mol. The Kier molecular flexibility index (Phi) is 3.99. The van der Waals surface area contributed by atoms with Crippen LogP contribution in [0.5, 0.6) is 5.75 Å². The average molecular weight is 339 g/mol. The highest BCUT2D eigenvalue weighted by molar-refractivity contribution is 14.1. The molecule has 0 spiro atoms. The number of halogens is 1. The van der Waals surface area contributed by atoms with E-state index in [1.54, 1.807) is 0 Å². The molecule has 17 heavy (non-hydrogen) atoms. The molecule has 0 amide bonds. The van der Waals surface area contributed by atoms with E-state index in [1.165, 1.54) is 9.13 Å². The molecule has 0 fully saturated rings. The number of nitrogens with zero attached hydrogens (tertiary/aromatic N) is 1. The van der Waals surface area contributed by atoms with Gasteiger partial charge in [0, 0.05) is 15.3 Å². The van der Waals surface area contributed by atoms with E-state index in [9.17, 15) is 0 Å². The Morgan fingerprint density at radius 1 is 1.29 bits per heavy atom. The van der Waals surface area contributed by atoms with Crippen LogP contribution >= 0.6 is 22.6 Å². The number of aromatic nitrogens is 1. The van der Waals surface area contributed by atoms with Gasteiger partial charge in [0.1, 0.15) is 5.75 Å². The Bertz CT molecular complexity index is 525. The Labute approximate surface area is 115 Å². The Hall–Kier alpha value is -1.10. The van der Waals surface area contributed by atoms with E-state index in [0.29, 0.717) is 6.61 Å². The lowest BCUT2D eigenvalue weighted by Gasteiger charge is -2.07. The molecule has 0 saturated carbocycles. The molecule has 0 aliphatic carbocycles. The van der Waals surface area contributed by atoms with Gasteiger partial charge in [-0.05, 0) is 60.2 Å². The highest BCUT2D eigenvalue weighted by atomic mass is 127. The van der Waals surface area contributed by atoms with Crippen LogP contribution in [0.4, 0.5) is 0 Å². The van der Waals surface area contributed by atoms with Gasteiger partial charge in [-0.2, -0.15) is 0 Å². The van der Waals surface area contributed by atoms with Crippen LogP contribution < -0.4 is 4.74 Å². The summed E-state index contributed by atoms with van der Waals surface area (Å²) in [5.74, 6) is 0.892. The van der Waals surface area contributed by atoms with Crippen molar-refractivity contribution in [2.45, 2.75) is 13.8 Å². The molecule has 2 nitrogen and oxygen atoms in total. The molecule has 0 unspecified atom stereocenters. The van der Waals surface area contributed by atoms with Gasteiger partial charge in [-0.25, -0.2) is 0 Å². The number of hydrogen-bond donors (Lipinski definition) is 0. The molecule has 0 aliphatic heterocycles.